The molecule has 0 aliphatic rings. The number of rotatable bonds is 11. The highest BCUT2D eigenvalue weighted by molar-refractivity contribution is 5.84. The van der Waals surface area contributed by atoms with Crippen LogP contribution in [-0.4, -0.2) is 11.8 Å². The van der Waals surface area contributed by atoms with Crippen molar-refractivity contribution < 1.29 is 14.3 Å². The molecule has 0 saturated heterocycles. The number of hydrogen-bond donors (Lipinski definition) is 0. The van der Waals surface area contributed by atoms with Crippen LogP contribution < -0.4 is 0 Å². The number of hydrogen-bond acceptors (Lipinski definition) is 3. The molecule has 0 N–H and O–H groups in total. The van der Waals surface area contributed by atoms with Gasteiger partial charge < -0.3 is 4.74 Å². The number of esters is 1. The number of ether oxygens (including phenoxy) is 1. The topological polar surface area (TPSA) is 43.4 Å². The summed E-state index contributed by atoms with van der Waals surface area (Å²) in [6.07, 6.45) is 3.08. The van der Waals surface area contributed by atoms with E-state index in [2.05, 4.69) is 31.2 Å². The predicted molar refractivity (Wildman–Crippen MR) is 124 cm³/mol. The molecule has 31 heavy (non-hydrogen) atoms. The van der Waals surface area contributed by atoms with Crippen LogP contribution in [0.5, 0.6) is 0 Å². The summed E-state index contributed by atoms with van der Waals surface area (Å²) in [7, 11) is 0. The van der Waals surface area contributed by atoms with Crippen molar-refractivity contribution >= 4 is 11.8 Å². The molecular formula is C28H30O3. The molecule has 0 radical (unpaired) electrons. The molecule has 1 atom stereocenters. The fraction of sp³-hybridized carbons (Fsp3) is 0.286. The molecule has 160 valence electrons. The van der Waals surface area contributed by atoms with Crippen molar-refractivity contribution in [3.05, 3.63) is 96.1 Å². The first-order valence-electron chi connectivity index (χ1n) is 11.0. The van der Waals surface area contributed by atoms with Gasteiger partial charge >= 0.3 is 5.97 Å². The van der Waals surface area contributed by atoms with Gasteiger partial charge in [0, 0.05) is 12.8 Å². The van der Waals surface area contributed by atoms with Crippen LogP contribution >= 0.6 is 0 Å². The minimum absolute atomic E-state index is 0.129. The summed E-state index contributed by atoms with van der Waals surface area (Å²) in [5.41, 5.74) is 4.26. The summed E-state index contributed by atoms with van der Waals surface area (Å²) in [5, 5.41) is 0. The van der Waals surface area contributed by atoms with Gasteiger partial charge in [0.1, 0.15) is 12.4 Å². The predicted octanol–water partition coefficient (Wildman–Crippen LogP) is 6.41. The number of carbonyl (C=O) groups is 2. The molecule has 0 aliphatic heterocycles. The minimum Gasteiger partial charge on any atom is -0.461 e. The van der Waals surface area contributed by atoms with Gasteiger partial charge in [-0.1, -0.05) is 98.3 Å². The maximum atomic E-state index is 12.8. The summed E-state index contributed by atoms with van der Waals surface area (Å²) in [4.78, 5) is 25.3. The van der Waals surface area contributed by atoms with Gasteiger partial charge in [-0.15, -0.1) is 0 Å². The van der Waals surface area contributed by atoms with E-state index in [4.69, 9.17) is 4.74 Å². The van der Waals surface area contributed by atoms with Crippen LogP contribution in [0.25, 0.3) is 11.1 Å². The molecule has 0 aromatic heterocycles. The van der Waals surface area contributed by atoms with E-state index in [-0.39, 0.29) is 24.8 Å². The van der Waals surface area contributed by atoms with Crippen molar-refractivity contribution in [2.75, 3.05) is 0 Å². The van der Waals surface area contributed by atoms with Crippen molar-refractivity contribution in [3.63, 3.8) is 0 Å². The molecule has 3 heteroatoms. The average Bonchev–Trinajstić information content (AvgIpc) is 2.82. The van der Waals surface area contributed by atoms with E-state index < -0.39 is 5.92 Å². The Morgan fingerprint density at radius 1 is 0.774 bits per heavy atom. The van der Waals surface area contributed by atoms with Gasteiger partial charge in [-0.2, -0.15) is 0 Å². The molecule has 3 aromatic carbocycles. The second kappa shape index (κ2) is 11.8. The normalized spacial score (nSPS) is 11.6. The Labute approximate surface area is 185 Å². The van der Waals surface area contributed by atoms with E-state index in [0.29, 0.717) is 12.8 Å². The third-order valence-electron chi connectivity index (χ3n) is 5.38. The third-order valence-corrected chi connectivity index (χ3v) is 5.38. The Morgan fingerprint density at radius 2 is 1.39 bits per heavy atom. The minimum atomic E-state index is -0.462. The van der Waals surface area contributed by atoms with E-state index in [9.17, 15) is 9.59 Å². The van der Waals surface area contributed by atoms with Gasteiger partial charge in [0.05, 0.1) is 5.92 Å². The fourth-order valence-corrected chi connectivity index (χ4v) is 3.58. The van der Waals surface area contributed by atoms with Crippen LogP contribution in [-0.2, 0) is 27.4 Å². The van der Waals surface area contributed by atoms with Gasteiger partial charge in [-0.05, 0) is 35.1 Å². The number of carbonyl (C=O) groups excluding carboxylic acids is 2. The summed E-state index contributed by atoms with van der Waals surface area (Å²) in [6, 6.07) is 28.0. The van der Waals surface area contributed by atoms with Crippen molar-refractivity contribution in [1.82, 2.24) is 0 Å². The number of Topliss-reactive ketones (excluding diaryl/α,β-unsaturated/α-hetero) is 1. The maximum Gasteiger partial charge on any atom is 0.310 e. The summed E-state index contributed by atoms with van der Waals surface area (Å²) in [5.74, 6) is -0.638. The summed E-state index contributed by atoms with van der Waals surface area (Å²) >= 11 is 0. The highest BCUT2D eigenvalue weighted by Crippen LogP contribution is 2.22. The lowest BCUT2D eigenvalue weighted by atomic mass is 9.92. The first kappa shape index (κ1) is 22.5. The SMILES string of the molecule is CCCCC(=O)C[C@H](Cc1ccc(-c2ccccc2)cc1)C(=O)OCc1ccccc1. The molecule has 0 heterocycles. The van der Waals surface area contributed by atoms with Crippen molar-refractivity contribution in [2.45, 2.75) is 45.6 Å². The largest absolute Gasteiger partial charge is 0.461 e. The van der Waals surface area contributed by atoms with E-state index in [1.54, 1.807) is 0 Å². The maximum absolute atomic E-state index is 12.8. The molecule has 0 aliphatic carbocycles. The molecule has 0 amide bonds. The Morgan fingerprint density at radius 3 is 2.03 bits per heavy atom. The molecule has 3 aromatic rings. The zero-order valence-corrected chi connectivity index (χ0v) is 18.1. The monoisotopic (exact) mass is 414 g/mol. The van der Waals surface area contributed by atoms with Gasteiger partial charge in [0.25, 0.3) is 0 Å². The lowest BCUT2D eigenvalue weighted by Gasteiger charge is -2.16. The molecule has 3 nitrogen and oxygen atoms in total. The van der Waals surface area contributed by atoms with Gasteiger partial charge in [0.15, 0.2) is 0 Å². The standard InChI is InChI=1S/C28H30O3/c1-2-3-14-27(29)20-26(28(30)31-21-23-10-6-4-7-11-23)19-22-15-17-25(18-16-22)24-12-8-5-9-13-24/h4-13,15-18,26H,2-3,14,19-21H2,1H3/t26-/m0/s1. The lowest BCUT2D eigenvalue weighted by Crippen LogP contribution is -2.23. The lowest BCUT2D eigenvalue weighted by molar-refractivity contribution is -0.151. The zero-order valence-electron chi connectivity index (χ0n) is 18.1. The van der Waals surface area contributed by atoms with Crippen LogP contribution in [0.2, 0.25) is 0 Å². The molecule has 0 saturated carbocycles. The first-order valence-corrected chi connectivity index (χ1v) is 11.0. The van der Waals surface area contributed by atoms with Crippen LogP contribution in [0.15, 0.2) is 84.9 Å². The summed E-state index contributed by atoms with van der Waals surface area (Å²) < 4.78 is 5.57. The molecule has 0 fully saturated rings. The van der Waals surface area contributed by atoms with E-state index in [1.165, 1.54) is 0 Å². The second-order valence-electron chi connectivity index (χ2n) is 7.90. The molecule has 0 spiro atoms. The third kappa shape index (κ3) is 7.21. The quantitative estimate of drug-likeness (QED) is 0.341. The Kier molecular flexibility index (Phi) is 8.59. The number of unbranched alkanes of at least 4 members (excludes halogenated alkanes) is 1. The molecule has 0 bridgehead atoms. The number of benzene rings is 3. The van der Waals surface area contributed by atoms with Crippen LogP contribution in [0.4, 0.5) is 0 Å². The second-order valence-corrected chi connectivity index (χ2v) is 7.90. The Bertz CT molecular complexity index is 947. The van der Waals surface area contributed by atoms with E-state index in [0.717, 1.165) is 35.1 Å². The number of ketones is 1. The van der Waals surface area contributed by atoms with Gasteiger partial charge in [-0.3, -0.25) is 9.59 Å². The molecular weight excluding hydrogens is 384 g/mol. The van der Waals surface area contributed by atoms with Crippen molar-refractivity contribution in [2.24, 2.45) is 5.92 Å². The van der Waals surface area contributed by atoms with Gasteiger partial charge in [0.2, 0.25) is 0 Å². The van der Waals surface area contributed by atoms with Crippen LogP contribution in [0.3, 0.4) is 0 Å². The van der Waals surface area contributed by atoms with E-state index in [1.807, 2.05) is 60.7 Å². The molecule has 0 unspecified atom stereocenters. The summed E-state index contributed by atoms with van der Waals surface area (Å²) in [6.45, 7) is 2.29. The Hall–Kier alpha value is -3.20. The Balaban J connectivity index is 1.67. The van der Waals surface area contributed by atoms with E-state index >= 15 is 0 Å². The zero-order chi connectivity index (χ0) is 21.9. The smallest absolute Gasteiger partial charge is 0.310 e. The average molecular weight is 415 g/mol. The fourth-order valence-electron chi connectivity index (χ4n) is 3.58. The highest BCUT2D eigenvalue weighted by Gasteiger charge is 2.24. The van der Waals surface area contributed by atoms with Crippen LogP contribution in [0.1, 0.15) is 43.7 Å². The highest BCUT2D eigenvalue weighted by atomic mass is 16.5. The van der Waals surface area contributed by atoms with Crippen LogP contribution in [0, 0.1) is 5.92 Å². The van der Waals surface area contributed by atoms with Gasteiger partial charge in [-0.25, -0.2) is 0 Å². The molecule has 3 rings (SSSR count). The van der Waals surface area contributed by atoms with Crippen molar-refractivity contribution in [1.29, 1.82) is 0 Å². The van der Waals surface area contributed by atoms with Crippen molar-refractivity contribution in [3.8, 4) is 11.1 Å². The first-order chi connectivity index (χ1) is 15.2.